The number of aryl methyl sites for hydroxylation is 1. The number of nitro groups is 1. The summed E-state index contributed by atoms with van der Waals surface area (Å²) < 4.78 is 0. The first-order valence-electron chi connectivity index (χ1n) is 5.43. The fourth-order valence-corrected chi connectivity index (χ4v) is 1.99. The molecule has 0 saturated carbocycles. The number of aliphatic hydroxyl groups is 2. The Morgan fingerprint density at radius 1 is 1.58 bits per heavy atom. The van der Waals surface area contributed by atoms with Gasteiger partial charge in [-0.05, 0) is 6.92 Å². The van der Waals surface area contributed by atoms with Gasteiger partial charge in [-0.3, -0.25) is 19.9 Å². The number of nitrogens with zero attached hydrogens (tertiary/aromatic N) is 2. The molecule has 2 N–H and O–H groups in total. The van der Waals surface area contributed by atoms with E-state index in [1.54, 1.807) is 0 Å². The zero-order valence-corrected chi connectivity index (χ0v) is 11.3. The fraction of sp³-hybridized carbons (Fsp3) is 0.455. The van der Waals surface area contributed by atoms with E-state index >= 15 is 0 Å². The number of carbonyl (C=O) groups excluding carboxylic acids is 1. The van der Waals surface area contributed by atoms with Crippen LogP contribution < -0.4 is 0 Å². The molecule has 19 heavy (non-hydrogen) atoms. The molecule has 2 atom stereocenters. The first-order chi connectivity index (χ1) is 8.82. The van der Waals surface area contributed by atoms with E-state index in [4.69, 9.17) is 0 Å². The first-order valence-corrected chi connectivity index (χ1v) is 6.42. The van der Waals surface area contributed by atoms with Crippen molar-refractivity contribution >= 4 is 22.6 Å². The van der Waals surface area contributed by atoms with Gasteiger partial charge in [-0.15, -0.1) is 0 Å². The number of carbonyl (C=O) groups is 1. The van der Waals surface area contributed by atoms with Crippen LogP contribution in [0.3, 0.4) is 0 Å². The third-order valence-electron chi connectivity index (χ3n) is 2.44. The molecular formula is C11H14N2O5S. The Kier molecular flexibility index (Phi) is 5.40. The Labute approximate surface area is 113 Å². The average molecular weight is 286 g/mol. The van der Waals surface area contributed by atoms with Gasteiger partial charge in [0.2, 0.25) is 0 Å². The second-order valence-electron chi connectivity index (χ2n) is 3.95. The van der Waals surface area contributed by atoms with Gasteiger partial charge < -0.3 is 10.2 Å². The predicted octanol–water partition coefficient (Wildman–Crippen LogP) is 0.972. The number of thioether (sulfide) groups is 1. The average Bonchev–Trinajstić information content (AvgIpc) is 2.35. The van der Waals surface area contributed by atoms with Gasteiger partial charge in [0.1, 0.15) is 11.8 Å². The molecule has 8 heteroatoms. The van der Waals surface area contributed by atoms with Crippen LogP contribution >= 0.6 is 11.8 Å². The molecule has 1 aromatic heterocycles. The maximum absolute atomic E-state index is 10.8. The third kappa shape index (κ3) is 4.27. The maximum atomic E-state index is 10.8. The molecule has 1 heterocycles. The summed E-state index contributed by atoms with van der Waals surface area (Å²) >= 11 is 0.873. The minimum Gasteiger partial charge on any atom is -0.389 e. The highest BCUT2D eigenvalue weighted by atomic mass is 32.2. The molecular weight excluding hydrogens is 272 g/mol. The van der Waals surface area contributed by atoms with Crippen LogP contribution in [0.25, 0.3) is 0 Å². The number of hydrogen-bond acceptors (Lipinski definition) is 7. The molecule has 0 aliphatic heterocycles. The van der Waals surface area contributed by atoms with E-state index in [9.17, 15) is 25.1 Å². The first kappa shape index (κ1) is 15.5. The SMILES string of the molecule is CC(=O)SCC(O)C(O)c1cnc(C)c([N+](=O)[O-])c1. The van der Waals surface area contributed by atoms with E-state index in [1.807, 2.05) is 0 Å². The van der Waals surface area contributed by atoms with Crippen molar-refractivity contribution in [1.82, 2.24) is 4.98 Å². The van der Waals surface area contributed by atoms with Gasteiger partial charge in [0.25, 0.3) is 5.69 Å². The van der Waals surface area contributed by atoms with Crippen molar-refractivity contribution in [2.24, 2.45) is 0 Å². The zero-order valence-electron chi connectivity index (χ0n) is 10.4. The summed E-state index contributed by atoms with van der Waals surface area (Å²) in [6.07, 6.45) is -1.24. The van der Waals surface area contributed by atoms with Gasteiger partial charge in [-0.1, -0.05) is 11.8 Å². The molecule has 0 spiro atoms. The highest BCUT2D eigenvalue weighted by Gasteiger charge is 2.22. The lowest BCUT2D eigenvalue weighted by Crippen LogP contribution is -2.21. The summed E-state index contributed by atoms with van der Waals surface area (Å²) in [4.78, 5) is 24.7. The molecule has 0 aliphatic rings. The van der Waals surface area contributed by atoms with E-state index in [0.29, 0.717) is 0 Å². The smallest absolute Gasteiger partial charge is 0.290 e. The molecule has 0 aromatic carbocycles. The number of pyridine rings is 1. The number of aliphatic hydroxyl groups excluding tert-OH is 2. The lowest BCUT2D eigenvalue weighted by atomic mass is 10.1. The highest BCUT2D eigenvalue weighted by Crippen LogP contribution is 2.24. The van der Waals surface area contributed by atoms with Crippen molar-refractivity contribution in [3.8, 4) is 0 Å². The monoisotopic (exact) mass is 286 g/mol. The molecule has 0 radical (unpaired) electrons. The minimum absolute atomic E-state index is 0.0121. The van der Waals surface area contributed by atoms with Crippen LogP contribution in [0.4, 0.5) is 5.69 Å². The molecule has 0 bridgehead atoms. The van der Waals surface area contributed by atoms with Gasteiger partial charge in [-0.25, -0.2) is 0 Å². The molecule has 0 saturated heterocycles. The van der Waals surface area contributed by atoms with Crippen LogP contribution in [0.15, 0.2) is 12.3 Å². The molecule has 7 nitrogen and oxygen atoms in total. The number of aromatic nitrogens is 1. The Balaban J connectivity index is 2.87. The normalized spacial score (nSPS) is 13.9. The van der Waals surface area contributed by atoms with Crippen LogP contribution in [-0.2, 0) is 4.79 Å². The van der Waals surface area contributed by atoms with Crippen LogP contribution in [0, 0.1) is 17.0 Å². The summed E-state index contributed by atoms with van der Waals surface area (Å²) in [5.74, 6) is 0.0121. The standard InChI is InChI=1S/C11H14N2O5S/c1-6-9(13(17)18)3-8(4-12-6)11(16)10(15)5-19-7(2)14/h3-4,10-11,15-16H,5H2,1-2H3. The third-order valence-corrected chi connectivity index (χ3v) is 3.36. The summed E-state index contributed by atoms with van der Waals surface area (Å²) in [6.45, 7) is 2.83. The molecule has 1 rings (SSSR count). The van der Waals surface area contributed by atoms with Gasteiger partial charge in [-0.2, -0.15) is 0 Å². The second-order valence-corrected chi connectivity index (χ2v) is 5.14. The molecule has 1 aromatic rings. The predicted molar refractivity (Wildman–Crippen MR) is 69.7 cm³/mol. The van der Waals surface area contributed by atoms with Crippen molar-refractivity contribution in [3.63, 3.8) is 0 Å². The maximum Gasteiger partial charge on any atom is 0.290 e. The van der Waals surface area contributed by atoms with Gasteiger partial charge in [0.15, 0.2) is 5.12 Å². The largest absolute Gasteiger partial charge is 0.389 e. The Hall–Kier alpha value is -1.51. The van der Waals surface area contributed by atoms with Crippen LogP contribution in [-0.4, -0.2) is 37.1 Å². The van der Waals surface area contributed by atoms with Crippen LogP contribution in [0.1, 0.15) is 24.3 Å². The lowest BCUT2D eigenvalue weighted by molar-refractivity contribution is -0.385. The van der Waals surface area contributed by atoms with Crippen molar-refractivity contribution in [3.05, 3.63) is 33.6 Å². The number of rotatable bonds is 5. The second kappa shape index (κ2) is 6.60. The quantitative estimate of drug-likeness (QED) is 0.612. The summed E-state index contributed by atoms with van der Waals surface area (Å²) in [5.41, 5.74) is 0.158. The summed E-state index contributed by atoms with van der Waals surface area (Å²) in [6, 6.07) is 1.18. The Morgan fingerprint density at radius 3 is 2.74 bits per heavy atom. The van der Waals surface area contributed by atoms with Crippen LogP contribution in [0.5, 0.6) is 0 Å². The van der Waals surface area contributed by atoms with Crippen molar-refractivity contribution in [2.45, 2.75) is 26.1 Å². The molecule has 2 unspecified atom stereocenters. The lowest BCUT2D eigenvalue weighted by Gasteiger charge is -2.17. The Morgan fingerprint density at radius 2 is 2.21 bits per heavy atom. The van der Waals surface area contributed by atoms with Crippen molar-refractivity contribution in [1.29, 1.82) is 0 Å². The molecule has 104 valence electrons. The summed E-state index contributed by atoms with van der Waals surface area (Å²) in [7, 11) is 0. The number of hydrogen-bond donors (Lipinski definition) is 2. The summed E-state index contributed by atoms with van der Waals surface area (Å²) in [5, 5.41) is 30.1. The van der Waals surface area contributed by atoms with Gasteiger partial charge >= 0.3 is 0 Å². The van der Waals surface area contributed by atoms with E-state index in [2.05, 4.69) is 4.98 Å². The minimum atomic E-state index is -1.32. The molecule has 0 aliphatic carbocycles. The zero-order chi connectivity index (χ0) is 14.6. The van der Waals surface area contributed by atoms with Crippen molar-refractivity contribution in [2.75, 3.05) is 5.75 Å². The van der Waals surface area contributed by atoms with E-state index in [0.717, 1.165) is 11.8 Å². The highest BCUT2D eigenvalue weighted by molar-refractivity contribution is 8.13. The van der Waals surface area contributed by atoms with E-state index < -0.39 is 17.1 Å². The van der Waals surface area contributed by atoms with Gasteiger partial charge in [0.05, 0.1) is 11.0 Å². The fourth-order valence-electron chi connectivity index (χ4n) is 1.40. The molecule has 0 amide bonds. The van der Waals surface area contributed by atoms with E-state index in [-0.39, 0.29) is 27.8 Å². The Bertz CT molecular complexity index is 494. The van der Waals surface area contributed by atoms with Crippen LogP contribution in [0.2, 0.25) is 0 Å². The van der Waals surface area contributed by atoms with Crippen molar-refractivity contribution < 1.29 is 19.9 Å². The topological polar surface area (TPSA) is 114 Å². The molecule has 0 fully saturated rings. The van der Waals surface area contributed by atoms with E-state index in [1.165, 1.54) is 26.1 Å². The van der Waals surface area contributed by atoms with Gasteiger partial charge in [0, 0.05) is 30.5 Å².